The predicted octanol–water partition coefficient (Wildman–Crippen LogP) is 5.14. The van der Waals surface area contributed by atoms with Gasteiger partial charge in [-0.3, -0.25) is 9.78 Å². The summed E-state index contributed by atoms with van der Waals surface area (Å²) < 4.78 is 0. The van der Waals surface area contributed by atoms with Crippen LogP contribution in [0.2, 0.25) is 0 Å². The van der Waals surface area contributed by atoms with Crippen LogP contribution in [0.15, 0.2) is 18.3 Å². The van der Waals surface area contributed by atoms with Crippen molar-refractivity contribution in [2.75, 3.05) is 11.9 Å². The van der Waals surface area contributed by atoms with Crippen molar-refractivity contribution in [1.29, 1.82) is 0 Å². The van der Waals surface area contributed by atoms with E-state index in [-0.39, 0.29) is 12.0 Å². The van der Waals surface area contributed by atoms with Crippen LogP contribution in [0.5, 0.6) is 0 Å². The summed E-state index contributed by atoms with van der Waals surface area (Å²) in [6, 6.07) is 4.25. The molecule has 1 saturated heterocycles. The smallest absolute Gasteiger partial charge is 0.226 e. The Hall–Kier alpha value is -1.95. The lowest BCUT2D eigenvalue weighted by Crippen LogP contribution is -2.36. The van der Waals surface area contributed by atoms with Gasteiger partial charge in [0.1, 0.15) is 0 Å². The highest BCUT2D eigenvalue weighted by molar-refractivity contribution is 7.15. The standard InChI is InChI=1S/C21H28N4OS/c1-14-11-17(24-21-22-13-15(2)27-21)12-18(23-14)19-9-6-10-25(19)20(26)16-7-4-3-5-8-16/h11-13,16,19H,3-10H2,1-2H3,(H,22,23,24)/t19-/m1/s1. The van der Waals surface area contributed by atoms with Gasteiger partial charge in [-0.05, 0) is 51.7 Å². The zero-order valence-corrected chi connectivity index (χ0v) is 17.0. The van der Waals surface area contributed by atoms with Gasteiger partial charge in [0, 0.05) is 34.9 Å². The first-order valence-corrected chi connectivity index (χ1v) is 10.9. The predicted molar refractivity (Wildman–Crippen MR) is 109 cm³/mol. The zero-order chi connectivity index (χ0) is 18.8. The minimum atomic E-state index is 0.109. The first kappa shape index (κ1) is 18.4. The molecular weight excluding hydrogens is 356 g/mol. The third-order valence-electron chi connectivity index (χ3n) is 5.68. The highest BCUT2D eigenvalue weighted by Crippen LogP contribution is 2.36. The van der Waals surface area contributed by atoms with Crippen LogP contribution in [0.1, 0.15) is 67.3 Å². The number of aromatic nitrogens is 2. The molecule has 0 radical (unpaired) electrons. The van der Waals surface area contributed by atoms with E-state index in [9.17, 15) is 4.79 Å². The molecule has 0 spiro atoms. The van der Waals surface area contributed by atoms with Gasteiger partial charge in [-0.1, -0.05) is 19.3 Å². The normalized spacial score (nSPS) is 20.8. The van der Waals surface area contributed by atoms with Crippen molar-refractivity contribution in [3.8, 4) is 0 Å². The van der Waals surface area contributed by atoms with Gasteiger partial charge in [0.15, 0.2) is 5.13 Å². The second-order valence-corrected chi connectivity index (χ2v) is 9.08. The van der Waals surface area contributed by atoms with Crippen LogP contribution < -0.4 is 5.32 Å². The monoisotopic (exact) mass is 384 g/mol. The highest BCUT2D eigenvalue weighted by Gasteiger charge is 2.35. The lowest BCUT2D eigenvalue weighted by Gasteiger charge is -2.30. The SMILES string of the molecule is Cc1cc(Nc2ncc(C)s2)cc([C@H]2CCCN2C(=O)C2CCCCC2)n1. The molecule has 1 aliphatic heterocycles. The molecule has 1 atom stereocenters. The summed E-state index contributed by atoms with van der Waals surface area (Å²) >= 11 is 1.64. The van der Waals surface area contributed by atoms with Crippen molar-refractivity contribution in [2.45, 2.75) is 64.8 Å². The molecule has 5 nitrogen and oxygen atoms in total. The minimum Gasteiger partial charge on any atom is -0.334 e. The lowest BCUT2D eigenvalue weighted by atomic mass is 9.88. The van der Waals surface area contributed by atoms with Gasteiger partial charge in [0.25, 0.3) is 0 Å². The fourth-order valence-electron chi connectivity index (χ4n) is 4.40. The fraction of sp³-hybridized carbons (Fsp3) is 0.571. The summed E-state index contributed by atoms with van der Waals surface area (Å²) in [7, 11) is 0. The molecule has 2 aromatic heterocycles. The first-order valence-electron chi connectivity index (χ1n) is 10.1. The highest BCUT2D eigenvalue weighted by atomic mass is 32.1. The molecule has 2 fully saturated rings. The van der Waals surface area contributed by atoms with Gasteiger partial charge in [-0.25, -0.2) is 4.98 Å². The molecule has 1 amide bonds. The topological polar surface area (TPSA) is 58.1 Å². The zero-order valence-electron chi connectivity index (χ0n) is 16.2. The van der Waals surface area contributed by atoms with Gasteiger partial charge in [-0.15, -0.1) is 11.3 Å². The molecule has 3 heterocycles. The van der Waals surface area contributed by atoms with Gasteiger partial charge in [-0.2, -0.15) is 0 Å². The van der Waals surface area contributed by atoms with E-state index in [1.807, 2.05) is 19.2 Å². The molecule has 0 bridgehead atoms. The van der Waals surface area contributed by atoms with E-state index in [1.165, 1.54) is 24.1 Å². The summed E-state index contributed by atoms with van der Waals surface area (Å²) in [6.07, 6.45) is 9.72. The second-order valence-electron chi connectivity index (χ2n) is 7.85. The van der Waals surface area contributed by atoms with Gasteiger partial charge < -0.3 is 10.2 Å². The van der Waals surface area contributed by atoms with Crippen LogP contribution in [0.4, 0.5) is 10.8 Å². The Bertz CT molecular complexity index is 812. The van der Waals surface area contributed by atoms with Crippen molar-refractivity contribution in [3.63, 3.8) is 0 Å². The number of amides is 1. The van der Waals surface area contributed by atoms with E-state index in [4.69, 9.17) is 4.98 Å². The number of likely N-dealkylation sites (tertiary alicyclic amines) is 1. The Labute approximate surface area is 165 Å². The van der Waals surface area contributed by atoms with Crippen LogP contribution in [0, 0.1) is 19.8 Å². The molecule has 144 valence electrons. The fourth-order valence-corrected chi connectivity index (χ4v) is 5.08. The molecule has 27 heavy (non-hydrogen) atoms. The minimum absolute atomic E-state index is 0.109. The van der Waals surface area contributed by atoms with Gasteiger partial charge in [0.2, 0.25) is 5.91 Å². The van der Waals surface area contributed by atoms with Crippen molar-refractivity contribution in [1.82, 2.24) is 14.9 Å². The van der Waals surface area contributed by atoms with Gasteiger partial charge >= 0.3 is 0 Å². The van der Waals surface area contributed by atoms with E-state index in [0.29, 0.717) is 5.91 Å². The largest absolute Gasteiger partial charge is 0.334 e. The number of thiazole rings is 1. The maximum absolute atomic E-state index is 13.1. The summed E-state index contributed by atoms with van der Waals surface area (Å²) in [5, 5.41) is 4.29. The molecule has 0 unspecified atom stereocenters. The molecule has 2 aromatic rings. The van der Waals surface area contributed by atoms with Crippen molar-refractivity contribution in [2.24, 2.45) is 5.92 Å². The maximum Gasteiger partial charge on any atom is 0.226 e. The quantitative estimate of drug-likeness (QED) is 0.793. The molecule has 1 saturated carbocycles. The molecule has 0 aromatic carbocycles. The summed E-state index contributed by atoms with van der Waals surface area (Å²) in [6.45, 7) is 4.94. The van der Waals surface area contributed by atoms with Gasteiger partial charge in [0.05, 0.1) is 11.7 Å². The molecule has 6 heteroatoms. The average molecular weight is 385 g/mol. The first-order chi connectivity index (χ1) is 13.1. The lowest BCUT2D eigenvalue weighted by molar-refractivity contribution is -0.137. The number of nitrogens with zero attached hydrogens (tertiary/aromatic N) is 3. The number of rotatable bonds is 4. The van der Waals surface area contributed by atoms with Crippen LogP contribution in [0.3, 0.4) is 0 Å². The number of carbonyl (C=O) groups is 1. The third kappa shape index (κ3) is 4.15. The average Bonchev–Trinajstić information content (AvgIpc) is 3.30. The van der Waals surface area contributed by atoms with Crippen LogP contribution in [0.25, 0.3) is 0 Å². The van der Waals surface area contributed by atoms with Crippen molar-refractivity contribution in [3.05, 3.63) is 34.6 Å². The van der Waals surface area contributed by atoms with E-state index >= 15 is 0 Å². The Morgan fingerprint density at radius 2 is 1.96 bits per heavy atom. The van der Waals surface area contributed by atoms with E-state index in [1.54, 1.807) is 11.3 Å². The Morgan fingerprint density at radius 1 is 1.15 bits per heavy atom. The Morgan fingerprint density at radius 3 is 2.70 bits per heavy atom. The van der Waals surface area contributed by atoms with Crippen LogP contribution >= 0.6 is 11.3 Å². The number of hydrogen-bond donors (Lipinski definition) is 1. The molecule has 4 rings (SSSR count). The summed E-state index contributed by atoms with van der Waals surface area (Å²) in [5.74, 6) is 0.575. The summed E-state index contributed by atoms with van der Waals surface area (Å²) in [4.78, 5) is 25.6. The number of hydrogen-bond acceptors (Lipinski definition) is 5. The van der Waals surface area contributed by atoms with Crippen LogP contribution in [-0.4, -0.2) is 27.3 Å². The molecule has 1 aliphatic carbocycles. The molecular formula is C21H28N4OS. The number of anilines is 2. The summed E-state index contributed by atoms with van der Waals surface area (Å²) in [5.41, 5.74) is 2.98. The molecule has 2 aliphatic rings. The van der Waals surface area contributed by atoms with E-state index in [2.05, 4.69) is 28.2 Å². The van der Waals surface area contributed by atoms with E-state index in [0.717, 1.165) is 54.4 Å². The Kier molecular flexibility index (Phi) is 5.43. The van der Waals surface area contributed by atoms with Crippen molar-refractivity contribution >= 4 is 28.1 Å². The number of nitrogens with one attached hydrogen (secondary N) is 1. The third-order valence-corrected chi connectivity index (χ3v) is 6.51. The second kappa shape index (κ2) is 7.97. The van der Waals surface area contributed by atoms with Crippen molar-refractivity contribution < 1.29 is 4.79 Å². The number of pyridine rings is 1. The maximum atomic E-state index is 13.1. The number of carbonyl (C=O) groups excluding carboxylic acids is 1. The Balaban J connectivity index is 1.55. The van der Waals surface area contributed by atoms with Crippen LogP contribution in [-0.2, 0) is 4.79 Å². The number of aryl methyl sites for hydroxylation is 2. The molecule has 1 N–H and O–H groups in total. The van der Waals surface area contributed by atoms with E-state index < -0.39 is 0 Å².